The summed E-state index contributed by atoms with van der Waals surface area (Å²) >= 11 is 1.67. The summed E-state index contributed by atoms with van der Waals surface area (Å²) < 4.78 is 5.12. The molecule has 1 aromatic heterocycles. The van der Waals surface area contributed by atoms with E-state index in [9.17, 15) is 4.79 Å². The number of amides is 1. The van der Waals surface area contributed by atoms with Crippen molar-refractivity contribution in [1.82, 2.24) is 14.8 Å². The summed E-state index contributed by atoms with van der Waals surface area (Å²) in [6, 6.07) is 0. The highest BCUT2D eigenvalue weighted by molar-refractivity contribution is 7.09. The Morgan fingerprint density at radius 3 is 2.63 bits per heavy atom. The highest BCUT2D eigenvalue weighted by atomic mass is 32.1. The van der Waals surface area contributed by atoms with Crippen LogP contribution in [0.3, 0.4) is 0 Å². The molecule has 5 nitrogen and oxygen atoms in total. The second-order valence-corrected chi connectivity index (χ2v) is 9.69. The number of likely N-dealkylation sites (N-methyl/N-ethyl adjacent to an activating group) is 1. The maximum absolute atomic E-state index is 12.6. The molecule has 0 radical (unpaired) electrons. The minimum atomic E-state index is 0.0575. The van der Waals surface area contributed by atoms with E-state index in [4.69, 9.17) is 4.74 Å². The first-order valence-corrected chi connectivity index (χ1v) is 11.1. The van der Waals surface area contributed by atoms with Crippen LogP contribution in [-0.4, -0.2) is 67.6 Å². The largest absolute Gasteiger partial charge is 0.383 e. The lowest BCUT2D eigenvalue weighted by molar-refractivity contribution is -0.131. The molecule has 1 aliphatic rings. The number of thiazole rings is 1. The van der Waals surface area contributed by atoms with Crippen LogP contribution in [0.15, 0.2) is 5.38 Å². The Kier molecular flexibility index (Phi) is 8.70. The Morgan fingerprint density at radius 1 is 1.33 bits per heavy atom. The number of piperidine rings is 1. The summed E-state index contributed by atoms with van der Waals surface area (Å²) in [5.41, 5.74) is 0.984. The fraction of sp³-hybridized carbons (Fsp3) is 0.810. The van der Waals surface area contributed by atoms with E-state index in [1.165, 1.54) is 12.8 Å². The van der Waals surface area contributed by atoms with Crippen molar-refractivity contribution in [3.8, 4) is 0 Å². The summed E-state index contributed by atoms with van der Waals surface area (Å²) in [6.45, 7) is 11.2. The van der Waals surface area contributed by atoms with Crippen molar-refractivity contribution in [1.29, 1.82) is 0 Å². The van der Waals surface area contributed by atoms with E-state index in [0.29, 0.717) is 6.42 Å². The molecule has 0 bridgehead atoms. The van der Waals surface area contributed by atoms with Crippen molar-refractivity contribution in [3.63, 3.8) is 0 Å². The highest BCUT2D eigenvalue weighted by Crippen LogP contribution is 2.26. The number of rotatable bonds is 9. The molecular formula is C21H37N3O2S. The third kappa shape index (κ3) is 7.51. The molecule has 0 saturated carbocycles. The zero-order chi connectivity index (χ0) is 19.9. The smallest absolute Gasteiger partial charge is 0.228 e. The van der Waals surface area contributed by atoms with Gasteiger partial charge in [-0.05, 0) is 45.2 Å². The molecule has 0 N–H and O–H groups in total. The maximum atomic E-state index is 12.6. The number of likely N-dealkylation sites (tertiary alicyclic amines) is 1. The SMILES string of the molecule is COCCN(C)CCCC1CCN(C(=O)Cc2csc(C(C)(C)C)n2)CC1. The average molecular weight is 396 g/mol. The number of carbonyl (C=O) groups is 1. The molecule has 0 atom stereocenters. The van der Waals surface area contributed by atoms with Crippen molar-refractivity contribution in [2.45, 2.75) is 58.3 Å². The van der Waals surface area contributed by atoms with Gasteiger partial charge in [0, 0.05) is 37.5 Å². The van der Waals surface area contributed by atoms with Crippen molar-refractivity contribution >= 4 is 17.2 Å². The molecule has 2 rings (SSSR count). The predicted molar refractivity (Wildman–Crippen MR) is 112 cm³/mol. The Labute approximate surface area is 169 Å². The van der Waals surface area contributed by atoms with Gasteiger partial charge in [0.1, 0.15) is 0 Å². The lowest BCUT2D eigenvalue weighted by atomic mass is 9.92. The van der Waals surface area contributed by atoms with Crippen LogP contribution in [0.25, 0.3) is 0 Å². The van der Waals surface area contributed by atoms with Gasteiger partial charge < -0.3 is 14.5 Å². The molecule has 1 saturated heterocycles. The molecular weight excluding hydrogens is 358 g/mol. The average Bonchev–Trinajstić information content (AvgIpc) is 3.09. The van der Waals surface area contributed by atoms with Gasteiger partial charge in [0.25, 0.3) is 0 Å². The van der Waals surface area contributed by atoms with E-state index in [0.717, 1.165) is 62.2 Å². The lowest BCUT2D eigenvalue weighted by Crippen LogP contribution is -2.39. The normalized spacial score (nSPS) is 16.3. The topological polar surface area (TPSA) is 45.7 Å². The third-order valence-electron chi connectivity index (χ3n) is 5.32. The number of hydrogen-bond donors (Lipinski definition) is 0. The Hall–Kier alpha value is -0.980. The van der Waals surface area contributed by atoms with Crippen LogP contribution in [0.5, 0.6) is 0 Å². The van der Waals surface area contributed by atoms with Crippen molar-refractivity contribution in [3.05, 3.63) is 16.1 Å². The number of carbonyl (C=O) groups excluding carboxylic acids is 1. The van der Waals surface area contributed by atoms with Crippen LogP contribution in [0.1, 0.15) is 57.2 Å². The number of nitrogens with zero attached hydrogens (tertiary/aromatic N) is 3. The van der Waals surface area contributed by atoms with Gasteiger partial charge in [-0.2, -0.15) is 0 Å². The summed E-state index contributed by atoms with van der Waals surface area (Å²) in [7, 11) is 3.91. The van der Waals surface area contributed by atoms with Gasteiger partial charge in [0.05, 0.1) is 23.7 Å². The first kappa shape index (κ1) is 22.3. The number of hydrogen-bond acceptors (Lipinski definition) is 5. The zero-order valence-corrected chi connectivity index (χ0v) is 18.6. The predicted octanol–water partition coefficient (Wildman–Crippen LogP) is 3.58. The maximum Gasteiger partial charge on any atom is 0.228 e. The van der Waals surface area contributed by atoms with Crippen LogP contribution >= 0.6 is 11.3 Å². The van der Waals surface area contributed by atoms with E-state index in [1.807, 2.05) is 10.3 Å². The second kappa shape index (κ2) is 10.5. The lowest BCUT2D eigenvalue weighted by Gasteiger charge is -2.32. The van der Waals surface area contributed by atoms with Crippen LogP contribution in [0, 0.1) is 5.92 Å². The van der Waals surface area contributed by atoms with Gasteiger partial charge in [-0.25, -0.2) is 4.98 Å². The Balaban J connectivity index is 1.67. The van der Waals surface area contributed by atoms with Crippen LogP contribution in [0.4, 0.5) is 0 Å². The van der Waals surface area contributed by atoms with Crippen molar-refractivity contribution < 1.29 is 9.53 Å². The number of methoxy groups -OCH3 is 1. The summed E-state index contributed by atoms with van der Waals surface area (Å²) in [6.07, 6.45) is 5.21. The molecule has 154 valence electrons. The quantitative estimate of drug-likeness (QED) is 0.641. The van der Waals surface area contributed by atoms with E-state index >= 15 is 0 Å². The van der Waals surface area contributed by atoms with E-state index < -0.39 is 0 Å². The fourth-order valence-corrected chi connectivity index (χ4v) is 4.39. The first-order chi connectivity index (χ1) is 12.8. The molecule has 1 aromatic rings. The first-order valence-electron chi connectivity index (χ1n) is 10.2. The van der Waals surface area contributed by atoms with Crippen molar-refractivity contribution in [2.24, 2.45) is 5.92 Å². The summed E-state index contributed by atoms with van der Waals surface area (Å²) in [5.74, 6) is 0.996. The summed E-state index contributed by atoms with van der Waals surface area (Å²) in [5, 5.41) is 3.16. The van der Waals surface area contributed by atoms with E-state index in [1.54, 1.807) is 18.4 Å². The minimum Gasteiger partial charge on any atom is -0.383 e. The van der Waals surface area contributed by atoms with Gasteiger partial charge in [-0.15, -0.1) is 11.3 Å². The van der Waals surface area contributed by atoms with Gasteiger partial charge in [-0.3, -0.25) is 4.79 Å². The minimum absolute atomic E-state index is 0.0575. The van der Waals surface area contributed by atoms with Gasteiger partial charge >= 0.3 is 0 Å². The molecule has 27 heavy (non-hydrogen) atoms. The van der Waals surface area contributed by atoms with Crippen LogP contribution in [-0.2, 0) is 21.4 Å². The molecule has 1 aliphatic heterocycles. The van der Waals surface area contributed by atoms with Gasteiger partial charge in [-0.1, -0.05) is 20.8 Å². The Bertz CT molecular complexity index is 574. The van der Waals surface area contributed by atoms with E-state index in [-0.39, 0.29) is 11.3 Å². The van der Waals surface area contributed by atoms with Gasteiger partial charge in [0.2, 0.25) is 5.91 Å². The van der Waals surface area contributed by atoms with Crippen LogP contribution < -0.4 is 0 Å². The highest BCUT2D eigenvalue weighted by Gasteiger charge is 2.24. The van der Waals surface area contributed by atoms with E-state index in [2.05, 4.69) is 37.7 Å². The number of aromatic nitrogens is 1. The standard InChI is InChI=1S/C21H37N3O2S/c1-21(2,3)20-22-18(16-27-20)15-19(25)24-11-8-17(9-12-24)7-6-10-23(4)13-14-26-5/h16-17H,6-15H2,1-5H3. The molecule has 0 spiro atoms. The molecule has 0 aromatic carbocycles. The van der Waals surface area contributed by atoms with Crippen LogP contribution in [0.2, 0.25) is 0 Å². The fourth-order valence-electron chi connectivity index (χ4n) is 3.48. The number of ether oxygens (including phenoxy) is 1. The monoisotopic (exact) mass is 395 g/mol. The third-order valence-corrected chi connectivity index (χ3v) is 6.64. The molecule has 1 fully saturated rings. The Morgan fingerprint density at radius 2 is 2.04 bits per heavy atom. The van der Waals surface area contributed by atoms with Crippen molar-refractivity contribution in [2.75, 3.05) is 46.9 Å². The molecule has 1 amide bonds. The molecule has 0 unspecified atom stereocenters. The molecule has 0 aliphatic carbocycles. The molecule has 2 heterocycles. The second-order valence-electron chi connectivity index (χ2n) is 8.83. The molecule has 6 heteroatoms. The summed E-state index contributed by atoms with van der Waals surface area (Å²) in [4.78, 5) is 21.7. The zero-order valence-electron chi connectivity index (χ0n) is 17.8. The van der Waals surface area contributed by atoms with Gasteiger partial charge in [0.15, 0.2) is 0 Å².